The van der Waals surface area contributed by atoms with Crippen LogP contribution in [0.15, 0.2) is 60.8 Å². The Morgan fingerprint density at radius 3 is 2.29 bits per heavy atom. The zero-order valence-corrected chi connectivity index (χ0v) is 13.2. The first-order chi connectivity index (χ1) is 9.77. The summed E-state index contributed by atoms with van der Waals surface area (Å²) in [4.78, 5) is 4.08. The summed E-state index contributed by atoms with van der Waals surface area (Å²) in [5.41, 5.74) is 1.05. The van der Waals surface area contributed by atoms with Gasteiger partial charge in [-0.05, 0) is 22.9 Å². The molecule has 0 N–H and O–H groups in total. The summed E-state index contributed by atoms with van der Waals surface area (Å²) in [7, 11) is 0. The molecule has 0 fully saturated rings. The van der Waals surface area contributed by atoms with Crippen LogP contribution < -0.4 is 0 Å². The Morgan fingerprint density at radius 1 is 0.905 bits per heavy atom. The van der Waals surface area contributed by atoms with Crippen LogP contribution in [0.3, 0.4) is 0 Å². The first-order valence-corrected chi connectivity index (χ1v) is 6.14. The van der Waals surface area contributed by atoms with E-state index in [2.05, 4.69) is 11.1 Å². The van der Waals surface area contributed by atoms with Gasteiger partial charge < -0.3 is 4.98 Å². The molecule has 0 atom stereocenters. The van der Waals surface area contributed by atoms with Gasteiger partial charge in [0.1, 0.15) is 0 Å². The second-order valence-corrected chi connectivity index (χ2v) is 4.28. The number of nitrogens with zero attached hydrogens (tertiary/aromatic N) is 1. The van der Waals surface area contributed by atoms with Crippen molar-refractivity contribution in [2.24, 2.45) is 0 Å². The van der Waals surface area contributed by atoms with E-state index in [1.54, 1.807) is 54.7 Å². The van der Waals surface area contributed by atoms with Crippen molar-refractivity contribution in [1.82, 2.24) is 4.98 Å². The van der Waals surface area contributed by atoms with Crippen molar-refractivity contribution >= 4 is 0 Å². The molecule has 0 bridgehead atoms. The molecule has 3 aromatic rings. The molecule has 0 aliphatic carbocycles. The molecule has 107 valence electrons. The Bertz CT molecular complexity index is 731. The van der Waals surface area contributed by atoms with Crippen LogP contribution in [0.25, 0.3) is 22.4 Å². The van der Waals surface area contributed by atoms with E-state index in [0.29, 0.717) is 11.3 Å². The normalized spacial score (nSPS) is 10.0. The van der Waals surface area contributed by atoms with Gasteiger partial charge >= 0.3 is 0 Å². The average molecular weight is 458 g/mol. The molecule has 0 aliphatic rings. The van der Waals surface area contributed by atoms with E-state index in [0.717, 1.165) is 6.07 Å². The number of pyridine rings is 1. The summed E-state index contributed by atoms with van der Waals surface area (Å²) in [6.45, 7) is 0. The van der Waals surface area contributed by atoms with Crippen LogP contribution in [0.4, 0.5) is 8.78 Å². The Balaban J connectivity index is 0.00000161. The number of benzene rings is 2. The van der Waals surface area contributed by atoms with E-state index in [9.17, 15) is 8.78 Å². The third kappa shape index (κ3) is 3.07. The largest absolute Gasteiger partial charge is 0.305 e. The summed E-state index contributed by atoms with van der Waals surface area (Å²) in [6, 6.07) is 17.5. The van der Waals surface area contributed by atoms with Crippen LogP contribution in [0, 0.1) is 17.7 Å². The van der Waals surface area contributed by atoms with E-state index in [4.69, 9.17) is 0 Å². The molecular formula is C17H10F2IrN-. The fraction of sp³-hybridized carbons (Fsp3) is 0. The zero-order valence-electron chi connectivity index (χ0n) is 10.8. The van der Waals surface area contributed by atoms with Crippen molar-refractivity contribution in [3.05, 3.63) is 78.5 Å². The molecule has 21 heavy (non-hydrogen) atoms. The molecule has 2 aromatic carbocycles. The summed E-state index contributed by atoms with van der Waals surface area (Å²) in [5, 5.41) is 0. The Morgan fingerprint density at radius 2 is 1.62 bits per heavy atom. The molecule has 0 saturated heterocycles. The topological polar surface area (TPSA) is 12.9 Å². The molecule has 0 amide bonds. The minimum Gasteiger partial charge on any atom is -0.305 e. The van der Waals surface area contributed by atoms with E-state index in [-0.39, 0.29) is 31.2 Å². The molecule has 3 rings (SSSR count). The van der Waals surface area contributed by atoms with Gasteiger partial charge in [-0.15, -0.1) is 12.1 Å². The first-order valence-electron chi connectivity index (χ1n) is 6.14. The van der Waals surface area contributed by atoms with Crippen LogP contribution in [0.1, 0.15) is 0 Å². The molecule has 0 saturated carbocycles. The second-order valence-electron chi connectivity index (χ2n) is 4.28. The van der Waals surface area contributed by atoms with Crippen LogP contribution in [0.2, 0.25) is 0 Å². The monoisotopic (exact) mass is 459 g/mol. The quantitative estimate of drug-likeness (QED) is 0.516. The summed E-state index contributed by atoms with van der Waals surface area (Å²) in [5.74, 6) is -1.27. The van der Waals surface area contributed by atoms with Gasteiger partial charge in [0.15, 0.2) is 0 Å². The first kappa shape index (κ1) is 15.5. The predicted octanol–water partition coefficient (Wildman–Crippen LogP) is 4.49. The van der Waals surface area contributed by atoms with Crippen LogP contribution in [-0.2, 0) is 20.1 Å². The van der Waals surface area contributed by atoms with Crippen LogP contribution in [-0.4, -0.2) is 4.98 Å². The molecule has 0 unspecified atom stereocenters. The van der Waals surface area contributed by atoms with Crippen molar-refractivity contribution in [3.8, 4) is 22.4 Å². The van der Waals surface area contributed by atoms with Crippen molar-refractivity contribution < 1.29 is 28.9 Å². The Labute approximate surface area is 135 Å². The van der Waals surface area contributed by atoms with Crippen molar-refractivity contribution in [2.45, 2.75) is 0 Å². The molecule has 0 spiro atoms. The van der Waals surface area contributed by atoms with Gasteiger partial charge in [-0.25, -0.2) is 0 Å². The van der Waals surface area contributed by atoms with E-state index >= 15 is 0 Å². The fourth-order valence-corrected chi connectivity index (χ4v) is 2.07. The van der Waals surface area contributed by atoms with Crippen LogP contribution >= 0.6 is 0 Å². The smallest absolute Gasteiger partial charge is 0.0485 e. The summed E-state index contributed by atoms with van der Waals surface area (Å²) < 4.78 is 28.5. The predicted molar refractivity (Wildman–Crippen MR) is 73.9 cm³/mol. The van der Waals surface area contributed by atoms with Gasteiger partial charge in [-0.2, -0.15) is 0 Å². The van der Waals surface area contributed by atoms with Gasteiger partial charge in [0.05, 0.1) is 0 Å². The maximum atomic E-state index is 14.6. The zero-order chi connectivity index (χ0) is 13.9. The molecule has 4 heteroatoms. The van der Waals surface area contributed by atoms with E-state index < -0.39 is 11.6 Å². The van der Waals surface area contributed by atoms with Gasteiger partial charge in [-0.1, -0.05) is 48.0 Å². The van der Waals surface area contributed by atoms with Crippen LogP contribution in [0.5, 0.6) is 0 Å². The fourth-order valence-electron chi connectivity index (χ4n) is 2.07. The average Bonchev–Trinajstić information content (AvgIpc) is 2.49. The standard InChI is InChI=1S/C17H10F2N.Ir/c18-14-10-9-13(15-8-4-5-11-20-15)17(19)16(14)12-6-2-1-3-7-12;/h1-8,10-11H;/q-1;. The third-order valence-corrected chi connectivity index (χ3v) is 3.00. The molecule has 1 nitrogen and oxygen atoms in total. The number of halogens is 2. The minimum absolute atomic E-state index is 0. The van der Waals surface area contributed by atoms with Gasteiger partial charge in [0.25, 0.3) is 0 Å². The summed E-state index contributed by atoms with van der Waals surface area (Å²) >= 11 is 0. The van der Waals surface area contributed by atoms with E-state index in [1.165, 1.54) is 0 Å². The number of aromatic nitrogens is 1. The van der Waals surface area contributed by atoms with Gasteiger partial charge in [-0.3, -0.25) is 8.78 Å². The maximum Gasteiger partial charge on any atom is 0.0485 e. The molecule has 1 radical (unpaired) electrons. The second kappa shape index (κ2) is 6.70. The molecule has 1 heterocycles. The summed E-state index contributed by atoms with van der Waals surface area (Å²) in [6.07, 6.45) is 1.56. The number of hydrogen-bond acceptors (Lipinski definition) is 1. The number of rotatable bonds is 2. The van der Waals surface area contributed by atoms with Gasteiger partial charge in [0.2, 0.25) is 0 Å². The number of hydrogen-bond donors (Lipinski definition) is 0. The van der Waals surface area contributed by atoms with Crippen molar-refractivity contribution in [1.29, 1.82) is 0 Å². The SMILES string of the molecule is Fc1c[c-]c(-c2ccccn2)c(F)c1-c1ccccc1.[Ir]. The minimum atomic E-state index is -0.644. The van der Waals surface area contributed by atoms with Gasteiger partial charge in [0, 0.05) is 37.9 Å². The molecule has 1 aromatic heterocycles. The molecular weight excluding hydrogens is 448 g/mol. The Kier molecular flexibility index (Phi) is 4.94. The third-order valence-electron chi connectivity index (χ3n) is 3.00. The Hall–Kier alpha value is -1.90. The van der Waals surface area contributed by atoms with Crippen molar-refractivity contribution in [3.63, 3.8) is 0 Å². The van der Waals surface area contributed by atoms with E-state index in [1.807, 2.05) is 0 Å². The molecule has 0 aliphatic heterocycles. The van der Waals surface area contributed by atoms with Crippen molar-refractivity contribution in [2.75, 3.05) is 0 Å². The maximum absolute atomic E-state index is 14.6.